The third-order valence-corrected chi connectivity index (χ3v) is 6.93. The molecule has 29 heavy (non-hydrogen) atoms. The molecule has 0 spiro atoms. The van der Waals surface area contributed by atoms with Crippen LogP contribution < -0.4 is 5.32 Å². The smallest absolute Gasteiger partial charge is 0.233 e. The molecule has 1 aromatic carbocycles. The minimum Gasteiger partial charge on any atom is -0.341 e. The van der Waals surface area contributed by atoms with Gasteiger partial charge in [-0.05, 0) is 37.0 Å². The quantitative estimate of drug-likeness (QED) is 0.869. The topological polar surface area (TPSA) is 58.1 Å². The first-order valence-electron chi connectivity index (χ1n) is 10.8. The number of halogens is 1. The van der Waals surface area contributed by atoms with Crippen molar-refractivity contribution in [2.45, 2.75) is 56.4 Å². The minimum absolute atomic E-state index is 0.200. The highest BCUT2D eigenvalue weighted by Crippen LogP contribution is 2.44. The zero-order valence-corrected chi connectivity index (χ0v) is 16.7. The van der Waals surface area contributed by atoms with Crippen LogP contribution in [-0.2, 0) is 23.2 Å². The van der Waals surface area contributed by atoms with Crippen molar-refractivity contribution >= 4 is 5.91 Å². The lowest BCUT2D eigenvalue weighted by molar-refractivity contribution is -0.136. The van der Waals surface area contributed by atoms with E-state index in [0.29, 0.717) is 6.54 Å². The molecule has 0 bridgehead atoms. The molecule has 1 aliphatic carbocycles. The van der Waals surface area contributed by atoms with Gasteiger partial charge in [0.2, 0.25) is 5.91 Å². The highest BCUT2D eigenvalue weighted by atomic mass is 19.1. The molecule has 2 fully saturated rings. The molecule has 1 saturated heterocycles. The number of aromatic nitrogens is 2. The molecule has 2 aromatic rings. The number of carbonyl (C=O) groups is 1. The number of hydrogen-bond donors (Lipinski definition) is 1. The maximum atomic E-state index is 13.6. The van der Waals surface area contributed by atoms with Crippen molar-refractivity contribution in [1.82, 2.24) is 20.2 Å². The van der Waals surface area contributed by atoms with Crippen LogP contribution in [0.25, 0.3) is 0 Å². The number of benzene rings is 1. The van der Waals surface area contributed by atoms with Crippen LogP contribution in [0.3, 0.4) is 0 Å². The molecule has 1 amide bonds. The van der Waals surface area contributed by atoms with Gasteiger partial charge in [0.05, 0.1) is 5.41 Å². The van der Waals surface area contributed by atoms with Crippen LogP contribution in [0, 0.1) is 5.82 Å². The Bertz CT molecular complexity index is 908. The van der Waals surface area contributed by atoms with Crippen molar-refractivity contribution in [2.24, 2.45) is 0 Å². The van der Waals surface area contributed by atoms with E-state index in [1.54, 1.807) is 12.1 Å². The van der Waals surface area contributed by atoms with Gasteiger partial charge in [-0.25, -0.2) is 14.4 Å². The van der Waals surface area contributed by atoms with Gasteiger partial charge < -0.3 is 10.2 Å². The van der Waals surface area contributed by atoms with E-state index in [2.05, 4.69) is 10.3 Å². The molecule has 1 unspecified atom stereocenters. The molecule has 6 heteroatoms. The SMILES string of the molecule is O=C(N1CCC(c2ncc3c(n2)CCNC3)C1)C1(c2ccc(F)cc2)CCCC1. The number of nitrogens with one attached hydrogen (secondary N) is 1. The molecule has 1 aromatic heterocycles. The zero-order chi connectivity index (χ0) is 19.8. The van der Waals surface area contributed by atoms with Crippen LogP contribution in [0.4, 0.5) is 4.39 Å². The first kappa shape index (κ1) is 18.7. The van der Waals surface area contributed by atoms with Gasteiger partial charge in [-0.3, -0.25) is 4.79 Å². The molecule has 0 radical (unpaired) electrons. The second-order valence-corrected chi connectivity index (χ2v) is 8.66. The van der Waals surface area contributed by atoms with Gasteiger partial charge in [-0.2, -0.15) is 0 Å². The number of likely N-dealkylation sites (tertiary alicyclic amines) is 1. The fourth-order valence-electron chi connectivity index (χ4n) is 5.28. The lowest BCUT2D eigenvalue weighted by Gasteiger charge is -2.33. The molecule has 152 valence electrons. The first-order valence-corrected chi connectivity index (χ1v) is 10.8. The predicted molar refractivity (Wildman–Crippen MR) is 108 cm³/mol. The molecule has 1 saturated carbocycles. The molecular formula is C23H27FN4O. The number of hydrogen-bond acceptors (Lipinski definition) is 4. The summed E-state index contributed by atoms with van der Waals surface area (Å²) < 4.78 is 13.4. The lowest BCUT2D eigenvalue weighted by atomic mass is 9.77. The fourth-order valence-corrected chi connectivity index (χ4v) is 5.28. The maximum absolute atomic E-state index is 13.6. The second kappa shape index (κ2) is 7.48. The van der Waals surface area contributed by atoms with E-state index in [4.69, 9.17) is 4.98 Å². The summed E-state index contributed by atoms with van der Waals surface area (Å²) in [6, 6.07) is 6.55. The van der Waals surface area contributed by atoms with Crippen molar-refractivity contribution in [2.75, 3.05) is 19.6 Å². The van der Waals surface area contributed by atoms with Crippen LogP contribution in [0.2, 0.25) is 0 Å². The summed E-state index contributed by atoms with van der Waals surface area (Å²) in [5, 5.41) is 3.35. The molecular weight excluding hydrogens is 367 g/mol. The Morgan fingerprint density at radius 1 is 1.21 bits per heavy atom. The van der Waals surface area contributed by atoms with E-state index in [-0.39, 0.29) is 17.6 Å². The van der Waals surface area contributed by atoms with Gasteiger partial charge in [0, 0.05) is 56.0 Å². The van der Waals surface area contributed by atoms with Gasteiger partial charge >= 0.3 is 0 Å². The number of carbonyl (C=O) groups excluding carboxylic acids is 1. The number of nitrogens with zero attached hydrogens (tertiary/aromatic N) is 3. The fraction of sp³-hybridized carbons (Fsp3) is 0.522. The third-order valence-electron chi connectivity index (χ3n) is 6.93. The highest BCUT2D eigenvalue weighted by Gasteiger charge is 2.46. The van der Waals surface area contributed by atoms with Gasteiger partial charge in [0.1, 0.15) is 11.6 Å². The van der Waals surface area contributed by atoms with Gasteiger partial charge in [0.25, 0.3) is 0 Å². The zero-order valence-electron chi connectivity index (χ0n) is 16.7. The van der Waals surface area contributed by atoms with Crippen molar-refractivity contribution in [3.8, 4) is 0 Å². The summed E-state index contributed by atoms with van der Waals surface area (Å²) in [5.74, 6) is 1.02. The average Bonchev–Trinajstić information content (AvgIpc) is 3.44. The predicted octanol–water partition coefficient (Wildman–Crippen LogP) is 3.09. The standard InChI is InChI=1S/C23H27FN4O/c24-19-5-3-18(4-6-19)23(9-1-2-10-23)22(29)28-12-8-16(15-28)21-26-14-17-13-25-11-7-20(17)27-21/h3-6,14,16,25H,1-2,7-13,15H2. The molecule has 1 atom stereocenters. The van der Waals surface area contributed by atoms with Crippen molar-refractivity contribution < 1.29 is 9.18 Å². The Morgan fingerprint density at radius 3 is 2.79 bits per heavy atom. The Morgan fingerprint density at radius 2 is 2.00 bits per heavy atom. The van der Waals surface area contributed by atoms with Crippen LogP contribution in [-0.4, -0.2) is 40.4 Å². The molecule has 5 nitrogen and oxygen atoms in total. The van der Waals surface area contributed by atoms with Crippen LogP contribution in [0.5, 0.6) is 0 Å². The number of rotatable bonds is 3. The maximum Gasteiger partial charge on any atom is 0.233 e. The highest BCUT2D eigenvalue weighted by molar-refractivity contribution is 5.89. The van der Waals surface area contributed by atoms with Crippen LogP contribution >= 0.6 is 0 Å². The number of amides is 1. The molecule has 3 aliphatic rings. The summed E-state index contributed by atoms with van der Waals surface area (Å²) >= 11 is 0. The molecule has 5 rings (SSSR count). The van der Waals surface area contributed by atoms with Gasteiger partial charge in [-0.15, -0.1) is 0 Å². The van der Waals surface area contributed by atoms with E-state index < -0.39 is 5.41 Å². The Hall–Kier alpha value is -2.34. The summed E-state index contributed by atoms with van der Waals surface area (Å²) in [6.45, 7) is 3.22. The van der Waals surface area contributed by atoms with Crippen molar-refractivity contribution in [3.05, 3.63) is 58.9 Å². The van der Waals surface area contributed by atoms with E-state index >= 15 is 0 Å². The van der Waals surface area contributed by atoms with Crippen LogP contribution in [0.15, 0.2) is 30.5 Å². The monoisotopic (exact) mass is 394 g/mol. The van der Waals surface area contributed by atoms with E-state index in [9.17, 15) is 9.18 Å². The Labute approximate surface area is 170 Å². The molecule has 1 N–H and O–H groups in total. The Balaban J connectivity index is 1.36. The average molecular weight is 394 g/mol. The minimum atomic E-state index is -0.495. The van der Waals surface area contributed by atoms with Gasteiger partial charge in [-0.1, -0.05) is 25.0 Å². The third kappa shape index (κ3) is 3.33. The second-order valence-electron chi connectivity index (χ2n) is 8.66. The summed E-state index contributed by atoms with van der Waals surface area (Å²) in [5.41, 5.74) is 2.80. The molecule has 3 heterocycles. The normalized spacial score (nSPS) is 23.2. The lowest BCUT2D eigenvalue weighted by Crippen LogP contribution is -2.44. The number of fused-ring (bicyclic) bond motifs is 1. The summed E-state index contributed by atoms with van der Waals surface area (Å²) in [4.78, 5) is 25.1. The van der Waals surface area contributed by atoms with Crippen molar-refractivity contribution in [1.29, 1.82) is 0 Å². The van der Waals surface area contributed by atoms with E-state index in [0.717, 1.165) is 75.2 Å². The largest absolute Gasteiger partial charge is 0.341 e. The van der Waals surface area contributed by atoms with Crippen molar-refractivity contribution in [3.63, 3.8) is 0 Å². The van der Waals surface area contributed by atoms with E-state index in [1.165, 1.54) is 17.7 Å². The summed E-state index contributed by atoms with van der Waals surface area (Å²) in [7, 11) is 0. The molecule has 2 aliphatic heterocycles. The Kier molecular flexibility index (Phi) is 4.82. The van der Waals surface area contributed by atoms with Crippen LogP contribution in [0.1, 0.15) is 60.7 Å². The first-order chi connectivity index (χ1) is 14.2. The summed E-state index contributed by atoms with van der Waals surface area (Å²) in [6.07, 6.45) is 7.58. The van der Waals surface area contributed by atoms with Gasteiger partial charge in [0.15, 0.2) is 0 Å². The van der Waals surface area contributed by atoms with E-state index in [1.807, 2.05) is 11.1 Å².